The highest BCUT2D eigenvalue weighted by molar-refractivity contribution is 6.09. The van der Waals surface area contributed by atoms with Gasteiger partial charge in [-0.15, -0.1) is 0 Å². The van der Waals surface area contributed by atoms with Gasteiger partial charge in [0.2, 0.25) is 5.95 Å². The summed E-state index contributed by atoms with van der Waals surface area (Å²) in [5.41, 5.74) is 10.7. The van der Waals surface area contributed by atoms with Crippen molar-refractivity contribution in [2.45, 2.75) is 44.8 Å². The summed E-state index contributed by atoms with van der Waals surface area (Å²) in [6.45, 7) is 1.22. The maximum absolute atomic E-state index is 15.2. The lowest BCUT2D eigenvalue weighted by Crippen LogP contribution is -2.39. The molecule has 1 aliphatic carbocycles. The van der Waals surface area contributed by atoms with Gasteiger partial charge >= 0.3 is 0 Å². The molecule has 10 nitrogen and oxygen atoms in total. The SMILES string of the molecule is Nc1nc(Cc2cc3n(c2)CCNC3=O)nc(-c2cccc(N3CCc4cc(C5CC5)cc(F)c4C3=O)c2CO)n1. The van der Waals surface area contributed by atoms with Gasteiger partial charge in [0.25, 0.3) is 11.8 Å². The van der Waals surface area contributed by atoms with E-state index in [2.05, 4.69) is 20.3 Å². The van der Waals surface area contributed by atoms with Crippen molar-refractivity contribution in [1.29, 1.82) is 0 Å². The smallest absolute Gasteiger partial charge is 0.267 e. The number of hydrogen-bond donors (Lipinski definition) is 3. The minimum atomic E-state index is -0.500. The highest BCUT2D eigenvalue weighted by atomic mass is 19.1. The Morgan fingerprint density at radius 1 is 1.10 bits per heavy atom. The normalized spacial score (nSPS) is 16.4. The monoisotopic (exact) mass is 553 g/mol. The van der Waals surface area contributed by atoms with E-state index < -0.39 is 18.3 Å². The molecule has 2 amide bonds. The molecule has 208 valence electrons. The predicted octanol–water partition coefficient (Wildman–Crippen LogP) is 2.97. The van der Waals surface area contributed by atoms with Crippen LogP contribution in [0.4, 0.5) is 16.0 Å². The Balaban J connectivity index is 1.22. The number of nitrogens with zero attached hydrogens (tertiary/aromatic N) is 5. The summed E-state index contributed by atoms with van der Waals surface area (Å²) < 4.78 is 17.1. The fourth-order valence-electron chi connectivity index (χ4n) is 5.92. The number of carbonyl (C=O) groups is 2. The van der Waals surface area contributed by atoms with E-state index in [1.54, 1.807) is 24.3 Å². The van der Waals surface area contributed by atoms with Crippen LogP contribution in [0.25, 0.3) is 11.4 Å². The van der Waals surface area contributed by atoms with E-state index in [1.165, 1.54) is 11.0 Å². The number of anilines is 2. The number of aliphatic hydroxyl groups excluding tert-OH is 1. The minimum Gasteiger partial charge on any atom is -0.392 e. The number of fused-ring (bicyclic) bond motifs is 2. The standard InChI is InChI=1S/C30H28FN7O3/c31-22-13-19(17-4-5-17)12-18-6-8-38(29(41)26(18)22)23-3-1-2-20(21(23)15-39)27-34-25(35-30(32)36-27)11-16-10-24-28(40)33-7-9-37(24)14-16/h1-3,10,12-14,17,39H,4-9,11,15H2,(H,33,40)(H2,32,34,35,36). The Morgan fingerprint density at radius 2 is 1.95 bits per heavy atom. The Bertz CT molecular complexity index is 1730. The minimum absolute atomic E-state index is 0.0116. The van der Waals surface area contributed by atoms with Gasteiger partial charge in [-0.3, -0.25) is 9.59 Å². The zero-order valence-corrected chi connectivity index (χ0v) is 22.2. The zero-order chi connectivity index (χ0) is 28.2. The van der Waals surface area contributed by atoms with Crippen LogP contribution in [0.5, 0.6) is 0 Å². The summed E-state index contributed by atoms with van der Waals surface area (Å²) in [6, 6.07) is 10.5. The summed E-state index contributed by atoms with van der Waals surface area (Å²) in [5, 5.41) is 13.3. The third-order valence-corrected chi connectivity index (χ3v) is 8.03. The van der Waals surface area contributed by atoms with Crippen LogP contribution >= 0.6 is 0 Å². The van der Waals surface area contributed by atoms with Crippen LogP contribution in [0.1, 0.15) is 67.7 Å². The number of rotatable bonds is 6. The van der Waals surface area contributed by atoms with Gasteiger partial charge in [-0.1, -0.05) is 18.2 Å². The maximum atomic E-state index is 15.2. The second kappa shape index (κ2) is 9.77. The highest BCUT2D eigenvalue weighted by Crippen LogP contribution is 2.42. The Hall–Kier alpha value is -4.64. The fraction of sp³-hybridized carbons (Fsp3) is 0.300. The summed E-state index contributed by atoms with van der Waals surface area (Å²) in [5.74, 6) is 0.00219. The molecule has 0 unspecified atom stereocenters. The Labute approximate surface area is 235 Å². The first kappa shape index (κ1) is 25.3. The molecule has 2 aromatic heterocycles. The molecule has 0 spiro atoms. The maximum Gasteiger partial charge on any atom is 0.267 e. The number of aromatic nitrogens is 4. The van der Waals surface area contributed by atoms with Crippen molar-refractivity contribution in [2.75, 3.05) is 23.7 Å². The van der Waals surface area contributed by atoms with Crippen molar-refractivity contribution in [3.63, 3.8) is 0 Å². The molecule has 1 fully saturated rings. The van der Waals surface area contributed by atoms with Crippen LogP contribution in [0.15, 0.2) is 42.6 Å². The van der Waals surface area contributed by atoms with Crippen LogP contribution in [0.3, 0.4) is 0 Å². The number of aliphatic hydroxyl groups is 1. The average molecular weight is 554 g/mol. The van der Waals surface area contributed by atoms with Crippen molar-refractivity contribution in [2.24, 2.45) is 0 Å². The summed E-state index contributed by atoms with van der Waals surface area (Å²) in [7, 11) is 0. The first-order valence-electron chi connectivity index (χ1n) is 13.7. The van der Waals surface area contributed by atoms with Crippen LogP contribution in [0.2, 0.25) is 0 Å². The molecule has 4 heterocycles. The number of nitrogens with one attached hydrogen (secondary N) is 1. The number of nitrogen functional groups attached to an aromatic ring is 1. The van der Waals surface area contributed by atoms with Crippen LogP contribution in [0, 0.1) is 5.82 Å². The lowest BCUT2D eigenvalue weighted by molar-refractivity contribution is 0.0926. The summed E-state index contributed by atoms with van der Waals surface area (Å²) in [6.07, 6.45) is 4.85. The number of nitrogens with two attached hydrogens (primary N) is 1. The number of benzene rings is 2. The lowest BCUT2D eigenvalue weighted by atomic mass is 9.93. The largest absolute Gasteiger partial charge is 0.392 e. The lowest BCUT2D eigenvalue weighted by Gasteiger charge is -2.31. The Morgan fingerprint density at radius 3 is 2.73 bits per heavy atom. The topological polar surface area (TPSA) is 139 Å². The van der Waals surface area contributed by atoms with Crippen molar-refractivity contribution >= 4 is 23.5 Å². The first-order chi connectivity index (χ1) is 19.9. The second-order valence-electron chi connectivity index (χ2n) is 10.8. The van der Waals surface area contributed by atoms with E-state index in [9.17, 15) is 14.7 Å². The van der Waals surface area contributed by atoms with Crippen molar-refractivity contribution < 1.29 is 19.1 Å². The van der Waals surface area contributed by atoms with Crippen molar-refractivity contribution in [3.8, 4) is 11.4 Å². The molecule has 4 N–H and O–H groups in total. The molecular weight excluding hydrogens is 525 g/mol. The zero-order valence-electron chi connectivity index (χ0n) is 22.2. The molecule has 1 saturated carbocycles. The first-order valence-corrected chi connectivity index (χ1v) is 13.7. The van der Waals surface area contributed by atoms with Gasteiger partial charge in [-0.25, -0.2) is 9.37 Å². The highest BCUT2D eigenvalue weighted by Gasteiger charge is 2.33. The van der Waals surface area contributed by atoms with Crippen molar-refractivity contribution in [3.05, 3.63) is 87.7 Å². The van der Waals surface area contributed by atoms with Gasteiger partial charge in [-0.2, -0.15) is 9.97 Å². The van der Waals surface area contributed by atoms with E-state index >= 15 is 4.39 Å². The van der Waals surface area contributed by atoms with E-state index in [0.717, 1.165) is 29.5 Å². The van der Waals surface area contributed by atoms with Crippen LogP contribution in [-0.4, -0.2) is 49.5 Å². The molecule has 4 aromatic rings. The van der Waals surface area contributed by atoms with Gasteiger partial charge in [0.1, 0.15) is 17.3 Å². The van der Waals surface area contributed by atoms with Crippen LogP contribution in [-0.2, 0) is 26.0 Å². The van der Waals surface area contributed by atoms with Gasteiger partial charge in [0.05, 0.1) is 17.9 Å². The molecule has 2 aromatic carbocycles. The number of hydrogen-bond acceptors (Lipinski definition) is 7. The number of amides is 2. The quantitative estimate of drug-likeness (QED) is 0.334. The second-order valence-corrected chi connectivity index (χ2v) is 10.8. The molecule has 0 atom stereocenters. The molecule has 41 heavy (non-hydrogen) atoms. The van der Waals surface area contributed by atoms with E-state index in [-0.39, 0.29) is 23.2 Å². The van der Waals surface area contributed by atoms with Gasteiger partial charge in [0.15, 0.2) is 5.82 Å². The van der Waals surface area contributed by atoms with E-state index in [1.807, 2.05) is 16.8 Å². The fourth-order valence-corrected chi connectivity index (χ4v) is 5.92. The average Bonchev–Trinajstić information content (AvgIpc) is 3.72. The molecule has 7 rings (SSSR count). The van der Waals surface area contributed by atoms with Gasteiger partial charge in [-0.05, 0) is 60.1 Å². The summed E-state index contributed by atoms with van der Waals surface area (Å²) in [4.78, 5) is 40.5. The molecule has 0 bridgehead atoms. The van der Waals surface area contributed by atoms with Gasteiger partial charge in [0, 0.05) is 43.4 Å². The number of halogens is 1. The van der Waals surface area contributed by atoms with Gasteiger partial charge < -0.3 is 25.6 Å². The predicted molar refractivity (Wildman–Crippen MR) is 149 cm³/mol. The molecule has 3 aliphatic rings. The number of carbonyl (C=O) groups excluding carboxylic acids is 2. The third-order valence-electron chi connectivity index (χ3n) is 8.03. The van der Waals surface area contributed by atoms with E-state index in [4.69, 9.17) is 5.73 Å². The van der Waals surface area contributed by atoms with Crippen molar-refractivity contribution in [1.82, 2.24) is 24.8 Å². The third kappa shape index (κ3) is 4.51. The molecule has 2 aliphatic heterocycles. The molecule has 0 saturated heterocycles. The molecule has 0 radical (unpaired) electrons. The van der Waals surface area contributed by atoms with E-state index in [0.29, 0.717) is 66.7 Å². The molecular formula is C30H28FN7O3. The summed E-state index contributed by atoms with van der Waals surface area (Å²) >= 11 is 0. The Kier molecular flexibility index (Phi) is 6.04. The molecule has 11 heteroatoms. The van der Waals surface area contributed by atoms with Crippen LogP contribution < -0.4 is 16.0 Å².